The van der Waals surface area contributed by atoms with Gasteiger partial charge in [0.05, 0.1) is 7.11 Å². The molecule has 0 saturated carbocycles. The summed E-state index contributed by atoms with van der Waals surface area (Å²) in [6.07, 6.45) is 0.989. The first kappa shape index (κ1) is 11.1. The van der Waals surface area contributed by atoms with Crippen molar-refractivity contribution in [1.82, 2.24) is 0 Å². The maximum absolute atomic E-state index is 5.36. The highest BCUT2D eigenvalue weighted by Gasteiger charge is 2.08. The molecule has 1 nitrogen and oxygen atoms in total. The molecule has 0 N–H and O–H groups in total. The third kappa shape index (κ3) is 2.47. The summed E-state index contributed by atoms with van der Waals surface area (Å²) in [5.41, 5.74) is 2.43. The molecule has 0 fully saturated rings. The van der Waals surface area contributed by atoms with Crippen molar-refractivity contribution < 1.29 is 4.74 Å². The lowest BCUT2D eigenvalue weighted by molar-refractivity contribution is 0.406. The van der Waals surface area contributed by atoms with Crippen LogP contribution in [0, 0.1) is 0 Å². The zero-order chi connectivity index (χ0) is 9.84. The summed E-state index contributed by atoms with van der Waals surface area (Å²) in [7, 11) is 1.72. The van der Waals surface area contributed by atoms with Crippen molar-refractivity contribution in [1.29, 1.82) is 0 Å². The zero-order valence-corrected chi connectivity index (χ0v) is 10.9. The third-order valence-corrected chi connectivity index (χ3v) is 3.00. The van der Waals surface area contributed by atoms with Crippen LogP contribution < -0.4 is 4.74 Å². The predicted octanol–water partition coefficient (Wildman–Crippen LogP) is 3.92. The molecule has 1 aromatic rings. The Bertz CT molecular complexity index is 272. The van der Waals surface area contributed by atoms with Gasteiger partial charge in [-0.2, -0.15) is 0 Å². The van der Waals surface area contributed by atoms with Gasteiger partial charge in [0.15, 0.2) is 0 Å². The van der Waals surface area contributed by atoms with Crippen LogP contribution in [-0.2, 0) is 11.8 Å². The highest BCUT2D eigenvalue weighted by molar-refractivity contribution is 9.10. The van der Waals surface area contributed by atoms with Crippen LogP contribution >= 0.6 is 31.9 Å². The largest absolute Gasteiger partial charge is 0.496 e. The van der Waals surface area contributed by atoms with E-state index in [1.54, 1.807) is 7.11 Å². The minimum atomic E-state index is 0.822. The summed E-state index contributed by atoms with van der Waals surface area (Å²) in [5.74, 6) is 1.00. The number of hydrogen-bond acceptors (Lipinski definition) is 1. The van der Waals surface area contributed by atoms with Crippen LogP contribution in [0.5, 0.6) is 5.75 Å². The van der Waals surface area contributed by atoms with E-state index >= 15 is 0 Å². The first-order chi connectivity index (χ1) is 6.22. The molecule has 0 aliphatic rings. The fourth-order valence-electron chi connectivity index (χ4n) is 1.34. The summed E-state index contributed by atoms with van der Waals surface area (Å²) in [5, 5.41) is 0.822. The summed E-state index contributed by atoms with van der Waals surface area (Å²) >= 11 is 6.93. The Morgan fingerprint density at radius 2 is 1.92 bits per heavy atom. The summed E-state index contributed by atoms with van der Waals surface area (Å²) in [6, 6.07) is 4.18. The summed E-state index contributed by atoms with van der Waals surface area (Å²) in [4.78, 5) is 0. The number of hydrogen-bond donors (Lipinski definition) is 0. The van der Waals surface area contributed by atoms with Gasteiger partial charge in [-0.3, -0.25) is 0 Å². The Morgan fingerprint density at radius 3 is 2.38 bits per heavy atom. The lowest BCUT2D eigenvalue weighted by Crippen LogP contribution is -1.95. The number of ether oxygens (including phenoxy) is 1. The Balaban J connectivity index is 3.25. The van der Waals surface area contributed by atoms with Gasteiger partial charge >= 0.3 is 0 Å². The quantitative estimate of drug-likeness (QED) is 0.769. The molecular formula is C10H12Br2O. The number of methoxy groups -OCH3 is 1. The van der Waals surface area contributed by atoms with E-state index in [0.717, 1.165) is 22.0 Å². The van der Waals surface area contributed by atoms with Gasteiger partial charge in [0, 0.05) is 15.4 Å². The molecule has 72 valence electrons. The van der Waals surface area contributed by atoms with Crippen molar-refractivity contribution in [2.45, 2.75) is 18.7 Å². The van der Waals surface area contributed by atoms with Crippen LogP contribution in [0.2, 0.25) is 0 Å². The molecule has 1 rings (SSSR count). The molecule has 0 bridgehead atoms. The van der Waals surface area contributed by atoms with Crippen molar-refractivity contribution in [2.75, 3.05) is 7.11 Å². The van der Waals surface area contributed by atoms with E-state index < -0.39 is 0 Å². The molecule has 0 unspecified atom stereocenters. The van der Waals surface area contributed by atoms with E-state index in [4.69, 9.17) is 4.74 Å². The minimum absolute atomic E-state index is 0.822. The van der Waals surface area contributed by atoms with Gasteiger partial charge in [-0.15, -0.1) is 0 Å². The standard InChI is InChI=1S/C10H12Br2O/c1-3-7-4-9(12)5-8(6-11)10(7)13-2/h4-5H,3,6H2,1-2H3. The van der Waals surface area contributed by atoms with E-state index in [1.807, 2.05) is 0 Å². The van der Waals surface area contributed by atoms with E-state index in [1.165, 1.54) is 11.1 Å². The average molecular weight is 308 g/mol. The number of rotatable bonds is 3. The SMILES string of the molecule is CCc1cc(Br)cc(CBr)c1OC. The predicted molar refractivity (Wildman–Crippen MR) is 62.7 cm³/mol. The van der Waals surface area contributed by atoms with Crippen molar-refractivity contribution in [3.63, 3.8) is 0 Å². The van der Waals surface area contributed by atoms with Gasteiger partial charge < -0.3 is 4.74 Å². The topological polar surface area (TPSA) is 9.23 Å². The molecule has 1 aromatic carbocycles. The number of alkyl halides is 1. The van der Waals surface area contributed by atoms with Gasteiger partial charge in [-0.1, -0.05) is 38.8 Å². The molecule has 0 amide bonds. The summed E-state index contributed by atoms with van der Waals surface area (Å²) in [6.45, 7) is 2.13. The van der Waals surface area contributed by atoms with Crippen molar-refractivity contribution >= 4 is 31.9 Å². The zero-order valence-electron chi connectivity index (χ0n) is 7.73. The highest BCUT2D eigenvalue weighted by atomic mass is 79.9. The van der Waals surface area contributed by atoms with E-state index in [-0.39, 0.29) is 0 Å². The van der Waals surface area contributed by atoms with Crippen molar-refractivity contribution in [3.8, 4) is 5.75 Å². The molecule has 0 spiro atoms. The molecule has 0 aromatic heterocycles. The van der Waals surface area contributed by atoms with Gasteiger partial charge in [-0.05, 0) is 24.1 Å². The second kappa shape index (κ2) is 5.01. The Hall–Kier alpha value is -0.0200. The second-order valence-electron chi connectivity index (χ2n) is 2.74. The first-order valence-electron chi connectivity index (χ1n) is 4.14. The monoisotopic (exact) mass is 306 g/mol. The average Bonchev–Trinajstić information content (AvgIpc) is 2.16. The lowest BCUT2D eigenvalue weighted by Gasteiger charge is -2.11. The van der Waals surface area contributed by atoms with E-state index in [0.29, 0.717) is 0 Å². The van der Waals surface area contributed by atoms with Crippen LogP contribution in [0.3, 0.4) is 0 Å². The van der Waals surface area contributed by atoms with Crippen molar-refractivity contribution in [2.24, 2.45) is 0 Å². The van der Waals surface area contributed by atoms with Crippen LogP contribution in [0.15, 0.2) is 16.6 Å². The van der Waals surface area contributed by atoms with Crippen molar-refractivity contribution in [3.05, 3.63) is 27.7 Å². The molecule has 0 aliphatic heterocycles. The normalized spacial score (nSPS) is 10.2. The second-order valence-corrected chi connectivity index (χ2v) is 4.22. The molecule has 0 radical (unpaired) electrons. The molecule has 13 heavy (non-hydrogen) atoms. The molecule has 0 atom stereocenters. The third-order valence-electron chi connectivity index (χ3n) is 1.94. The Morgan fingerprint density at radius 1 is 1.31 bits per heavy atom. The first-order valence-corrected chi connectivity index (χ1v) is 6.05. The van der Waals surface area contributed by atoms with Gasteiger partial charge in [-0.25, -0.2) is 0 Å². The summed E-state index contributed by atoms with van der Waals surface area (Å²) < 4.78 is 6.47. The van der Waals surface area contributed by atoms with Gasteiger partial charge in [0.2, 0.25) is 0 Å². The maximum atomic E-state index is 5.36. The minimum Gasteiger partial charge on any atom is -0.496 e. The maximum Gasteiger partial charge on any atom is 0.126 e. The Labute approximate surface area is 95.7 Å². The van der Waals surface area contributed by atoms with E-state index in [2.05, 4.69) is 50.9 Å². The smallest absolute Gasteiger partial charge is 0.126 e. The highest BCUT2D eigenvalue weighted by Crippen LogP contribution is 2.30. The molecule has 0 heterocycles. The van der Waals surface area contributed by atoms with Gasteiger partial charge in [0.25, 0.3) is 0 Å². The van der Waals surface area contributed by atoms with Crippen LogP contribution in [0.4, 0.5) is 0 Å². The lowest BCUT2D eigenvalue weighted by atomic mass is 10.1. The molecular weight excluding hydrogens is 296 g/mol. The van der Waals surface area contributed by atoms with Gasteiger partial charge in [0.1, 0.15) is 5.75 Å². The van der Waals surface area contributed by atoms with Crippen LogP contribution in [0.1, 0.15) is 18.1 Å². The van der Waals surface area contributed by atoms with Crippen LogP contribution in [0.25, 0.3) is 0 Å². The van der Waals surface area contributed by atoms with E-state index in [9.17, 15) is 0 Å². The number of benzene rings is 1. The number of halogens is 2. The molecule has 0 aliphatic carbocycles. The van der Waals surface area contributed by atoms with Crippen LogP contribution in [-0.4, -0.2) is 7.11 Å². The molecule has 3 heteroatoms. The fourth-order valence-corrected chi connectivity index (χ4v) is 2.31. The number of aryl methyl sites for hydroxylation is 1. The molecule has 0 saturated heterocycles. The Kier molecular flexibility index (Phi) is 4.26. The fraction of sp³-hybridized carbons (Fsp3) is 0.400.